The van der Waals surface area contributed by atoms with Crippen molar-refractivity contribution in [1.29, 1.82) is 0 Å². The second-order valence-electron chi connectivity index (χ2n) is 4.19. The normalized spacial score (nSPS) is 30.7. The second kappa shape index (κ2) is 4.28. The summed E-state index contributed by atoms with van der Waals surface area (Å²) in [5.41, 5.74) is 0. The minimum absolute atomic E-state index is 0.126. The van der Waals surface area contributed by atoms with Gasteiger partial charge in [-0.2, -0.15) is 0 Å². The molecular weight excluding hydrogens is 182 g/mol. The van der Waals surface area contributed by atoms with E-state index in [9.17, 15) is 4.79 Å². The van der Waals surface area contributed by atoms with E-state index in [2.05, 4.69) is 4.90 Å². The maximum Gasteiger partial charge on any atom is 0.309 e. The largest absolute Gasteiger partial charge is 0.481 e. The van der Waals surface area contributed by atoms with Crippen LogP contribution in [0, 0.1) is 5.92 Å². The minimum Gasteiger partial charge on any atom is -0.481 e. The number of nitrogens with zero attached hydrogens (tertiary/aromatic N) is 1. The van der Waals surface area contributed by atoms with Crippen molar-refractivity contribution >= 4 is 5.97 Å². The Morgan fingerprint density at radius 3 is 2.79 bits per heavy atom. The van der Waals surface area contributed by atoms with E-state index < -0.39 is 5.97 Å². The molecule has 0 spiro atoms. The molecule has 2 fully saturated rings. The van der Waals surface area contributed by atoms with Crippen molar-refractivity contribution in [2.75, 3.05) is 26.3 Å². The topological polar surface area (TPSA) is 49.8 Å². The zero-order valence-corrected chi connectivity index (χ0v) is 8.32. The van der Waals surface area contributed by atoms with E-state index in [4.69, 9.17) is 9.84 Å². The second-order valence-corrected chi connectivity index (χ2v) is 4.19. The Hall–Kier alpha value is -0.610. The lowest BCUT2D eigenvalue weighted by atomic mass is 9.95. The molecule has 2 aliphatic heterocycles. The van der Waals surface area contributed by atoms with Crippen LogP contribution in [-0.4, -0.2) is 48.3 Å². The minimum atomic E-state index is -0.647. The predicted molar refractivity (Wildman–Crippen MR) is 51.2 cm³/mol. The molecule has 80 valence electrons. The lowest BCUT2D eigenvalue weighted by Crippen LogP contribution is -2.54. The monoisotopic (exact) mass is 199 g/mol. The molecule has 1 N–H and O–H groups in total. The standard InChI is InChI=1S/C10H17NO3/c12-10(13)8-6-11(7-8)9-2-1-4-14-5-3-9/h8-9H,1-7H2,(H,12,13). The van der Waals surface area contributed by atoms with Crippen LogP contribution >= 0.6 is 0 Å². The molecule has 2 aliphatic rings. The number of carboxylic acids is 1. The molecule has 2 heterocycles. The van der Waals surface area contributed by atoms with Gasteiger partial charge in [0.05, 0.1) is 5.92 Å². The molecule has 0 aromatic carbocycles. The molecule has 4 heteroatoms. The number of carboxylic acid groups (broad SMARTS) is 1. The summed E-state index contributed by atoms with van der Waals surface area (Å²) in [6, 6.07) is 0.563. The first-order valence-electron chi connectivity index (χ1n) is 5.32. The van der Waals surface area contributed by atoms with E-state index >= 15 is 0 Å². The quantitative estimate of drug-likeness (QED) is 0.706. The number of hydrogen-bond acceptors (Lipinski definition) is 3. The van der Waals surface area contributed by atoms with Crippen LogP contribution in [-0.2, 0) is 9.53 Å². The van der Waals surface area contributed by atoms with Crippen LogP contribution in [0.3, 0.4) is 0 Å². The fourth-order valence-electron chi connectivity index (χ4n) is 2.22. The molecule has 14 heavy (non-hydrogen) atoms. The molecular formula is C10H17NO3. The van der Waals surface area contributed by atoms with Gasteiger partial charge in [-0.05, 0) is 19.3 Å². The maximum absolute atomic E-state index is 10.6. The Labute approximate surface area is 83.8 Å². The molecule has 1 unspecified atom stereocenters. The van der Waals surface area contributed by atoms with Crippen molar-refractivity contribution < 1.29 is 14.6 Å². The molecule has 0 saturated carbocycles. The van der Waals surface area contributed by atoms with Crippen LogP contribution in [0.25, 0.3) is 0 Å². The Kier molecular flexibility index (Phi) is 3.03. The first-order chi connectivity index (χ1) is 6.77. The maximum atomic E-state index is 10.6. The third kappa shape index (κ3) is 2.07. The molecule has 1 atom stereocenters. The van der Waals surface area contributed by atoms with Gasteiger partial charge in [-0.15, -0.1) is 0 Å². The molecule has 0 bridgehead atoms. The number of ether oxygens (including phenoxy) is 1. The van der Waals surface area contributed by atoms with E-state index in [0.29, 0.717) is 6.04 Å². The van der Waals surface area contributed by atoms with Crippen molar-refractivity contribution in [2.24, 2.45) is 5.92 Å². The summed E-state index contributed by atoms with van der Waals surface area (Å²) in [5, 5.41) is 8.75. The first kappa shape index (κ1) is 9.93. The molecule has 2 saturated heterocycles. The van der Waals surface area contributed by atoms with Crippen LogP contribution in [0.1, 0.15) is 19.3 Å². The number of rotatable bonds is 2. The molecule has 4 nitrogen and oxygen atoms in total. The summed E-state index contributed by atoms with van der Waals surface area (Å²) >= 11 is 0. The van der Waals surface area contributed by atoms with Crippen molar-refractivity contribution in [3.8, 4) is 0 Å². The molecule has 0 radical (unpaired) electrons. The Morgan fingerprint density at radius 2 is 2.07 bits per heavy atom. The van der Waals surface area contributed by atoms with E-state index in [-0.39, 0.29) is 5.92 Å². The van der Waals surface area contributed by atoms with Crippen LogP contribution in [0.5, 0.6) is 0 Å². The Bertz CT molecular complexity index is 205. The van der Waals surface area contributed by atoms with Gasteiger partial charge in [-0.1, -0.05) is 0 Å². The van der Waals surface area contributed by atoms with Crippen LogP contribution in [0.15, 0.2) is 0 Å². The lowest BCUT2D eigenvalue weighted by Gasteiger charge is -2.42. The van der Waals surface area contributed by atoms with E-state index in [0.717, 1.165) is 45.6 Å². The zero-order valence-electron chi connectivity index (χ0n) is 8.32. The molecule has 0 aliphatic carbocycles. The average Bonchev–Trinajstić information content (AvgIpc) is 2.29. The van der Waals surface area contributed by atoms with Gasteiger partial charge in [0.15, 0.2) is 0 Å². The van der Waals surface area contributed by atoms with Gasteiger partial charge in [0.2, 0.25) is 0 Å². The first-order valence-corrected chi connectivity index (χ1v) is 5.32. The molecule has 0 amide bonds. The van der Waals surface area contributed by atoms with Gasteiger partial charge >= 0.3 is 5.97 Å². The van der Waals surface area contributed by atoms with Crippen LogP contribution in [0.4, 0.5) is 0 Å². The third-order valence-corrected chi connectivity index (χ3v) is 3.20. The fraction of sp³-hybridized carbons (Fsp3) is 0.900. The summed E-state index contributed by atoms with van der Waals surface area (Å²) < 4.78 is 5.37. The van der Waals surface area contributed by atoms with Crippen molar-refractivity contribution in [3.63, 3.8) is 0 Å². The Morgan fingerprint density at radius 1 is 1.29 bits per heavy atom. The van der Waals surface area contributed by atoms with Gasteiger partial charge in [0, 0.05) is 32.3 Å². The third-order valence-electron chi connectivity index (χ3n) is 3.20. The molecule has 0 aromatic heterocycles. The highest BCUT2D eigenvalue weighted by atomic mass is 16.5. The van der Waals surface area contributed by atoms with Crippen molar-refractivity contribution in [3.05, 3.63) is 0 Å². The molecule has 0 aromatic rings. The summed E-state index contributed by atoms with van der Waals surface area (Å²) in [6.45, 7) is 3.17. The average molecular weight is 199 g/mol. The predicted octanol–water partition coefficient (Wildman–Crippen LogP) is 0.572. The molecule has 2 rings (SSSR count). The van der Waals surface area contributed by atoms with E-state index in [1.807, 2.05) is 0 Å². The summed E-state index contributed by atoms with van der Waals surface area (Å²) in [5.74, 6) is -0.773. The SMILES string of the molecule is O=C(O)C1CN(C2CCCOCC2)C1. The highest BCUT2D eigenvalue weighted by Gasteiger charge is 2.36. The van der Waals surface area contributed by atoms with Gasteiger partial charge < -0.3 is 9.84 Å². The summed E-state index contributed by atoms with van der Waals surface area (Å²) in [4.78, 5) is 12.9. The van der Waals surface area contributed by atoms with E-state index in [1.54, 1.807) is 0 Å². The van der Waals surface area contributed by atoms with Gasteiger partial charge in [-0.3, -0.25) is 9.69 Å². The number of aliphatic carboxylic acids is 1. The summed E-state index contributed by atoms with van der Waals surface area (Å²) in [6.07, 6.45) is 3.33. The fourth-order valence-corrected chi connectivity index (χ4v) is 2.22. The highest BCUT2D eigenvalue weighted by Crippen LogP contribution is 2.24. The van der Waals surface area contributed by atoms with E-state index in [1.165, 1.54) is 0 Å². The zero-order chi connectivity index (χ0) is 9.97. The number of likely N-dealkylation sites (tertiary alicyclic amines) is 1. The number of hydrogen-bond donors (Lipinski definition) is 1. The van der Waals surface area contributed by atoms with Crippen molar-refractivity contribution in [2.45, 2.75) is 25.3 Å². The van der Waals surface area contributed by atoms with Gasteiger partial charge in [0.1, 0.15) is 0 Å². The van der Waals surface area contributed by atoms with Crippen LogP contribution in [0.2, 0.25) is 0 Å². The van der Waals surface area contributed by atoms with Gasteiger partial charge in [-0.25, -0.2) is 0 Å². The van der Waals surface area contributed by atoms with Crippen LogP contribution < -0.4 is 0 Å². The van der Waals surface area contributed by atoms with Gasteiger partial charge in [0.25, 0.3) is 0 Å². The van der Waals surface area contributed by atoms with Crippen molar-refractivity contribution in [1.82, 2.24) is 4.90 Å². The lowest BCUT2D eigenvalue weighted by molar-refractivity contribution is -0.148. The highest BCUT2D eigenvalue weighted by molar-refractivity contribution is 5.71. The number of carbonyl (C=O) groups is 1. The summed E-state index contributed by atoms with van der Waals surface area (Å²) in [7, 11) is 0. The Balaban J connectivity index is 1.77. The smallest absolute Gasteiger partial charge is 0.309 e.